The molecule has 2 aliphatic heterocycles. The van der Waals surface area contributed by atoms with Gasteiger partial charge in [0.1, 0.15) is 0 Å². The topological polar surface area (TPSA) is 64.7 Å². The van der Waals surface area contributed by atoms with E-state index in [0.717, 1.165) is 32.5 Å². The lowest BCUT2D eigenvalue weighted by molar-refractivity contribution is -0.135. The van der Waals surface area contributed by atoms with E-state index in [1.165, 1.54) is 0 Å². The van der Waals surface area contributed by atoms with Crippen molar-refractivity contribution in [2.24, 2.45) is 0 Å². The van der Waals surface area contributed by atoms with Crippen molar-refractivity contribution in [2.45, 2.75) is 18.9 Å². The van der Waals surface area contributed by atoms with E-state index in [4.69, 9.17) is 0 Å². The summed E-state index contributed by atoms with van der Waals surface area (Å²) in [5.74, 6) is 0.236. The van der Waals surface area contributed by atoms with Crippen LogP contribution in [-0.4, -0.2) is 73.5 Å². The molecule has 0 aliphatic carbocycles. The lowest BCUT2D eigenvalue weighted by atomic mass is 10.2. The number of amides is 2. The van der Waals surface area contributed by atoms with E-state index in [1.54, 1.807) is 6.08 Å². The summed E-state index contributed by atoms with van der Waals surface area (Å²) in [5.41, 5.74) is 0. The maximum atomic E-state index is 12.2. The fourth-order valence-electron chi connectivity index (χ4n) is 2.69. The van der Waals surface area contributed by atoms with E-state index in [0.29, 0.717) is 26.2 Å². The fraction of sp³-hybridized carbons (Fsp3) is 0.714. The third-order valence-corrected chi connectivity index (χ3v) is 3.85. The van der Waals surface area contributed by atoms with Gasteiger partial charge in [0.25, 0.3) is 0 Å². The fourth-order valence-corrected chi connectivity index (χ4v) is 2.69. The molecule has 2 aliphatic rings. The van der Waals surface area contributed by atoms with Gasteiger partial charge in [-0.3, -0.25) is 14.5 Å². The highest BCUT2D eigenvalue weighted by Gasteiger charge is 2.29. The molecule has 6 heteroatoms. The van der Waals surface area contributed by atoms with Crippen molar-refractivity contribution < 1.29 is 9.59 Å². The van der Waals surface area contributed by atoms with Gasteiger partial charge in [0.15, 0.2) is 0 Å². The highest BCUT2D eigenvalue weighted by Crippen LogP contribution is 2.10. The summed E-state index contributed by atoms with van der Waals surface area (Å²) in [7, 11) is 0. The lowest BCUT2D eigenvalue weighted by Gasteiger charge is -2.35. The van der Waals surface area contributed by atoms with Crippen molar-refractivity contribution in [3.05, 3.63) is 12.7 Å². The molecule has 0 aromatic carbocycles. The van der Waals surface area contributed by atoms with Crippen molar-refractivity contribution in [3.63, 3.8) is 0 Å². The molecule has 6 nitrogen and oxygen atoms in total. The molecule has 0 bridgehead atoms. The molecule has 0 radical (unpaired) electrons. The molecule has 2 rings (SSSR count). The SMILES string of the molecule is C=CCNC(=O)CN1CCN(C(=O)[C@@H]2CCCN2)CC1. The first kappa shape index (κ1) is 15.0. The molecular formula is C14H24N4O2. The van der Waals surface area contributed by atoms with Gasteiger partial charge in [-0.2, -0.15) is 0 Å². The zero-order valence-corrected chi connectivity index (χ0v) is 11.9. The Labute approximate surface area is 120 Å². The van der Waals surface area contributed by atoms with Crippen LogP contribution in [-0.2, 0) is 9.59 Å². The maximum absolute atomic E-state index is 12.2. The van der Waals surface area contributed by atoms with Crippen LogP contribution in [0.1, 0.15) is 12.8 Å². The zero-order valence-electron chi connectivity index (χ0n) is 11.9. The number of hydrogen-bond donors (Lipinski definition) is 2. The molecule has 2 saturated heterocycles. The van der Waals surface area contributed by atoms with Crippen LogP contribution in [0.15, 0.2) is 12.7 Å². The molecule has 2 amide bonds. The summed E-state index contributed by atoms with van der Waals surface area (Å²) >= 11 is 0. The predicted octanol–water partition coefficient (Wildman–Crippen LogP) is -0.815. The molecular weight excluding hydrogens is 256 g/mol. The largest absolute Gasteiger partial charge is 0.352 e. The highest BCUT2D eigenvalue weighted by atomic mass is 16.2. The van der Waals surface area contributed by atoms with Gasteiger partial charge in [0.2, 0.25) is 11.8 Å². The first-order valence-corrected chi connectivity index (χ1v) is 7.33. The third kappa shape index (κ3) is 4.05. The average molecular weight is 280 g/mol. The number of piperazine rings is 1. The average Bonchev–Trinajstić information content (AvgIpc) is 2.99. The van der Waals surface area contributed by atoms with Gasteiger partial charge >= 0.3 is 0 Å². The Kier molecular flexibility index (Phi) is 5.55. The standard InChI is InChI=1S/C14H24N4O2/c1-2-5-16-13(19)11-17-7-9-18(10-8-17)14(20)12-4-3-6-15-12/h2,12,15H,1,3-11H2,(H,16,19)/t12-/m0/s1. The molecule has 2 N–H and O–H groups in total. The van der Waals surface area contributed by atoms with Crippen LogP contribution in [0.4, 0.5) is 0 Å². The summed E-state index contributed by atoms with van der Waals surface area (Å²) in [6.45, 7) is 8.37. The summed E-state index contributed by atoms with van der Waals surface area (Å²) in [6, 6.07) is 0.0115. The number of carbonyl (C=O) groups excluding carboxylic acids is 2. The minimum absolute atomic E-state index is 0.0115. The van der Waals surface area contributed by atoms with Gasteiger partial charge in [0, 0.05) is 32.7 Å². The summed E-state index contributed by atoms with van der Waals surface area (Å²) in [6.07, 6.45) is 3.70. The Morgan fingerprint density at radius 1 is 1.30 bits per heavy atom. The van der Waals surface area contributed by atoms with Gasteiger partial charge in [-0.15, -0.1) is 6.58 Å². The second-order valence-electron chi connectivity index (χ2n) is 5.34. The Morgan fingerprint density at radius 2 is 2.05 bits per heavy atom. The van der Waals surface area contributed by atoms with Gasteiger partial charge < -0.3 is 15.5 Å². The highest BCUT2D eigenvalue weighted by molar-refractivity contribution is 5.82. The normalized spacial score (nSPS) is 23.6. The van der Waals surface area contributed by atoms with Crippen LogP contribution in [0, 0.1) is 0 Å². The van der Waals surface area contributed by atoms with Crippen LogP contribution in [0.25, 0.3) is 0 Å². The molecule has 0 aromatic heterocycles. The summed E-state index contributed by atoms with van der Waals surface area (Å²) < 4.78 is 0. The quantitative estimate of drug-likeness (QED) is 0.646. The number of nitrogens with zero attached hydrogens (tertiary/aromatic N) is 2. The second-order valence-corrected chi connectivity index (χ2v) is 5.34. The van der Waals surface area contributed by atoms with Crippen LogP contribution in [0.5, 0.6) is 0 Å². The molecule has 2 fully saturated rings. The Balaban J connectivity index is 1.70. The molecule has 0 saturated carbocycles. The van der Waals surface area contributed by atoms with Crippen LogP contribution < -0.4 is 10.6 Å². The molecule has 0 spiro atoms. The minimum Gasteiger partial charge on any atom is -0.352 e. The van der Waals surface area contributed by atoms with Crippen molar-refractivity contribution in [2.75, 3.05) is 45.8 Å². The van der Waals surface area contributed by atoms with E-state index >= 15 is 0 Å². The molecule has 20 heavy (non-hydrogen) atoms. The van der Waals surface area contributed by atoms with E-state index in [-0.39, 0.29) is 17.9 Å². The van der Waals surface area contributed by atoms with Gasteiger partial charge in [0.05, 0.1) is 12.6 Å². The summed E-state index contributed by atoms with van der Waals surface area (Å²) in [4.78, 5) is 27.8. The van der Waals surface area contributed by atoms with Crippen LogP contribution >= 0.6 is 0 Å². The summed E-state index contributed by atoms with van der Waals surface area (Å²) in [5, 5.41) is 6.01. The van der Waals surface area contributed by atoms with Crippen LogP contribution in [0.2, 0.25) is 0 Å². The smallest absolute Gasteiger partial charge is 0.239 e. The number of nitrogens with one attached hydrogen (secondary N) is 2. The predicted molar refractivity (Wildman–Crippen MR) is 77.3 cm³/mol. The van der Waals surface area contributed by atoms with Crippen molar-refractivity contribution in [1.82, 2.24) is 20.4 Å². The molecule has 2 heterocycles. The molecule has 112 valence electrons. The van der Waals surface area contributed by atoms with E-state index < -0.39 is 0 Å². The van der Waals surface area contributed by atoms with Gasteiger partial charge in [-0.05, 0) is 19.4 Å². The van der Waals surface area contributed by atoms with Crippen molar-refractivity contribution >= 4 is 11.8 Å². The minimum atomic E-state index is 0.0115. The first-order valence-electron chi connectivity index (χ1n) is 7.33. The zero-order chi connectivity index (χ0) is 14.4. The van der Waals surface area contributed by atoms with E-state index in [1.807, 2.05) is 4.90 Å². The maximum Gasteiger partial charge on any atom is 0.239 e. The van der Waals surface area contributed by atoms with Gasteiger partial charge in [-0.1, -0.05) is 6.08 Å². The van der Waals surface area contributed by atoms with Crippen molar-refractivity contribution in [1.29, 1.82) is 0 Å². The molecule has 0 unspecified atom stereocenters. The molecule has 1 atom stereocenters. The van der Waals surface area contributed by atoms with E-state index in [9.17, 15) is 9.59 Å². The Morgan fingerprint density at radius 3 is 2.65 bits per heavy atom. The number of hydrogen-bond acceptors (Lipinski definition) is 4. The first-order chi connectivity index (χ1) is 9.70. The van der Waals surface area contributed by atoms with Gasteiger partial charge in [-0.25, -0.2) is 0 Å². The Hall–Kier alpha value is -1.40. The van der Waals surface area contributed by atoms with Crippen LogP contribution in [0.3, 0.4) is 0 Å². The number of rotatable bonds is 5. The monoisotopic (exact) mass is 280 g/mol. The lowest BCUT2D eigenvalue weighted by Crippen LogP contribution is -2.54. The number of carbonyl (C=O) groups is 2. The third-order valence-electron chi connectivity index (χ3n) is 3.85. The van der Waals surface area contributed by atoms with E-state index in [2.05, 4.69) is 22.1 Å². The van der Waals surface area contributed by atoms with Crippen molar-refractivity contribution in [3.8, 4) is 0 Å². The Bertz CT molecular complexity index is 358. The second kappa shape index (κ2) is 7.40. The molecule has 0 aromatic rings.